The van der Waals surface area contributed by atoms with E-state index in [-0.39, 0.29) is 24.3 Å². The van der Waals surface area contributed by atoms with Crippen LogP contribution >= 0.6 is 0 Å². The van der Waals surface area contributed by atoms with Gasteiger partial charge in [0.05, 0.1) is 30.4 Å². The van der Waals surface area contributed by atoms with Crippen LogP contribution in [0.1, 0.15) is 46.2 Å². The minimum atomic E-state index is -5.23. The summed E-state index contributed by atoms with van der Waals surface area (Å²) in [6, 6.07) is 9.61. The number of hydrogen-bond donors (Lipinski definition) is 2. The lowest BCUT2D eigenvalue weighted by atomic mass is 9.96. The minimum absolute atomic E-state index is 0.0560. The second-order valence-electron chi connectivity index (χ2n) is 9.21. The number of hydrogen-bond acceptors (Lipinski definition) is 6. The molecule has 1 unspecified atom stereocenters. The number of ether oxygens (including phenoxy) is 1. The lowest BCUT2D eigenvalue weighted by molar-refractivity contribution is -0.265. The Labute approximate surface area is 207 Å². The molecule has 7 nitrogen and oxygen atoms in total. The lowest BCUT2D eigenvalue weighted by Gasteiger charge is -2.32. The van der Waals surface area contributed by atoms with Crippen LogP contribution in [-0.4, -0.2) is 47.6 Å². The maximum Gasteiger partial charge on any atom is 0.424 e. The van der Waals surface area contributed by atoms with Gasteiger partial charge in [0.15, 0.2) is 0 Å². The highest BCUT2D eigenvalue weighted by Crippen LogP contribution is 2.40. The predicted octanol–water partition coefficient (Wildman–Crippen LogP) is 5.29. The smallest absolute Gasteiger partial charge is 0.424 e. The molecule has 2 N–H and O–H groups in total. The van der Waals surface area contributed by atoms with Crippen molar-refractivity contribution < 1.29 is 32.2 Å². The quantitative estimate of drug-likeness (QED) is 0.445. The first-order chi connectivity index (χ1) is 16.7. The Morgan fingerprint density at radius 2 is 1.81 bits per heavy atom. The molecule has 1 amide bonds. The zero-order valence-electron chi connectivity index (χ0n) is 20.6. The van der Waals surface area contributed by atoms with E-state index < -0.39 is 41.5 Å². The maximum absolute atomic E-state index is 14.3. The van der Waals surface area contributed by atoms with Crippen molar-refractivity contribution in [3.63, 3.8) is 0 Å². The van der Waals surface area contributed by atoms with E-state index in [0.29, 0.717) is 18.5 Å². The number of alkyl halides is 3. The number of nitrogens with zero attached hydrogens (tertiary/aromatic N) is 3. The molecule has 0 radical (unpaired) electrons. The number of halogens is 4. The highest BCUT2D eigenvalue weighted by molar-refractivity contribution is 5.68. The molecule has 36 heavy (non-hydrogen) atoms. The molecule has 1 aromatic heterocycles. The largest absolute Gasteiger partial charge is 0.444 e. The molecule has 0 fully saturated rings. The van der Waals surface area contributed by atoms with Crippen LogP contribution in [0.3, 0.4) is 0 Å². The summed E-state index contributed by atoms with van der Waals surface area (Å²) in [6.45, 7) is 5.92. The average Bonchev–Trinajstić information content (AvgIpc) is 2.78. The molecule has 0 bridgehead atoms. The van der Waals surface area contributed by atoms with Gasteiger partial charge < -0.3 is 20.1 Å². The number of rotatable bonds is 9. The van der Waals surface area contributed by atoms with Crippen molar-refractivity contribution in [2.75, 3.05) is 24.5 Å². The van der Waals surface area contributed by atoms with Gasteiger partial charge in [0, 0.05) is 24.3 Å². The third-order valence-corrected chi connectivity index (χ3v) is 5.08. The molecule has 0 aliphatic carbocycles. The summed E-state index contributed by atoms with van der Waals surface area (Å²) in [4.78, 5) is 17.8. The molecule has 0 saturated carbocycles. The van der Waals surface area contributed by atoms with Crippen molar-refractivity contribution in [2.24, 2.45) is 0 Å². The van der Waals surface area contributed by atoms with Crippen molar-refractivity contribution >= 4 is 11.8 Å². The second kappa shape index (κ2) is 11.6. The number of benzene rings is 1. The van der Waals surface area contributed by atoms with Gasteiger partial charge in [0.2, 0.25) is 5.60 Å². The molecule has 0 aliphatic rings. The Morgan fingerprint density at radius 1 is 1.17 bits per heavy atom. The topological polar surface area (TPSA) is 98.5 Å². The molecule has 196 valence electrons. The number of aromatic nitrogens is 1. The Morgan fingerprint density at radius 3 is 2.33 bits per heavy atom. The fourth-order valence-electron chi connectivity index (χ4n) is 3.35. The Bertz CT molecular complexity index is 1080. The first-order valence-corrected chi connectivity index (χ1v) is 11.4. The summed E-state index contributed by atoms with van der Waals surface area (Å²) in [5.41, 5.74) is -4.63. The first-order valence-electron chi connectivity index (χ1n) is 11.4. The molecule has 11 heteroatoms. The van der Waals surface area contributed by atoms with Crippen molar-refractivity contribution in [1.29, 1.82) is 5.26 Å². The number of carbonyl (C=O) groups is 1. The molecule has 0 saturated heterocycles. The fourth-order valence-corrected chi connectivity index (χ4v) is 3.35. The van der Waals surface area contributed by atoms with Crippen molar-refractivity contribution in [3.8, 4) is 17.3 Å². The van der Waals surface area contributed by atoms with Gasteiger partial charge in [-0.15, -0.1) is 0 Å². The number of nitrogens with one attached hydrogen (secondary N) is 1. The normalized spacial score (nSPS) is 13.4. The van der Waals surface area contributed by atoms with Crippen LogP contribution < -0.4 is 10.2 Å². The predicted molar refractivity (Wildman–Crippen MR) is 127 cm³/mol. The number of carbonyl (C=O) groups excluding carboxylic acids is 1. The third kappa shape index (κ3) is 7.55. The lowest BCUT2D eigenvalue weighted by Crippen LogP contribution is -2.52. The number of alkyl carbamates (subject to hydrolysis) is 1. The number of nitriles is 1. The zero-order chi connectivity index (χ0) is 27.1. The SMILES string of the molecule is CCCN(CCC#N)c1cc(-c2ccc(F)cc2)nc(C(O)(CNC(=O)OC(C)(C)C)C(F)(F)F)c1. The summed E-state index contributed by atoms with van der Waals surface area (Å²) in [7, 11) is 0. The number of anilines is 1. The first kappa shape index (κ1) is 28.8. The summed E-state index contributed by atoms with van der Waals surface area (Å²) in [5.74, 6) is -0.537. The Hall–Kier alpha value is -3.39. The third-order valence-electron chi connectivity index (χ3n) is 5.08. The van der Waals surface area contributed by atoms with Crippen LogP contribution in [-0.2, 0) is 10.3 Å². The van der Waals surface area contributed by atoms with Crippen LogP contribution in [0, 0.1) is 17.1 Å². The summed E-state index contributed by atoms with van der Waals surface area (Å²) in [6.07, 6.45) is -5.61. The van der Waals surface area contributed by atoms with Gasteiger partial charge in [0.1, 0.15) is 11.4 Å². The van der Waals surface area contributed by atoms with Crippen LogP contribution in [0.15, 0.2) is 36.4 Å². The maximum atomic E-state index is 14.3. The molecule has 2 aromatic rings. The van der Waals surface area contributed by atoms with Gasteiger partial charge in [-0.2, -0.15) is 18.4 Å². The van der Waals surface area contributed by atoms with Gasteiger partial charge in [-0.1, -0.05) is 6.92 Å². The van der Waals surface area contributed by atoms with Crippen molar-refractivity contribution in [1.82, 2.24) is 10.3 Å². The van der Waals surface area contributed by atoms with E-state index in [1.807, 2.05) is 18.3 Å². The van der Waals surface area contributed by atoms with Gasteiger partial charge in [-0.25, -0.2) is 14.2 Å². The molecule has 1 atom stereocenters. The van der Waals surface area contributed by atoms with Gasteiger partial charge in [0.25, 0.3) is 0 Å². The van der Waals surface area contributed by atoms with E-state index in [1.54, 1.807) is 25.7 Å². The van der Waals surface area contributed by atoms with E-state index >= 15 is 0 Å². The highest BCUT2D eigenvalue weighted by Gasteiger charge is 2.56. The number of aliphatic hydroxyl groups is 1. The number of amides is 1. The van der Waals surface area contributed by atoms with E-state index in [4.69, 9.17) is 10.00 Å². The van der Waals surface area contributed by atoms with Gasteiger partial charge in [-0.3, -0.25) is 0 Å². The molecular weight excluding hydrogens is 480 g/mol. The molecule has 0 aliphatic heterocycles. The molecule has 2 rings (SSSR count). The van der Waals surface area contributed by atoms with Crippen LogP contribution in [0.4, 0.5) is 28.0 Å². The summed E-state index contributed by atoms with van der Waals surface area (Å²) >= 11 is 0. The van der Waals surface area contributed by atoms with Crippen LogP contribution in [0.25, 0.3) is 11.3 Å². The molecule has 1 aromatic carbocycles. The van der Waals surface area contributed by atoms with Crippen molar-refractivity contribution in [3.05, 3.63) is 47.9 Å². The Kier molecular flexibility index (Phi) is 9.26. The monoisotopic (exact) mass is 510 g/mol. The molecule has 1 heterocycles. The summed E-state index contributed by atoms with van der Waals surface area (Å²) in [5, 5.41) is 21.9. The average molecular weight is 511 g/mol. The van der Waals surface area contributed by atoms with Crippen LogP contribution in [0.5, 0.6) is 0 Å². The van der Waals surface area contributed by atoms with E-state index in [9.17, 15) is 27.5 Å². The van der Waals surface area contributed by atoms with E-state index in [0.717, 1.165) is 18.2 Å². The van der Waals surface area contributed by atoms with Gasteiger partial charge >= 0.3 is 12.3 Å². The Balaban J connectivity index is 2.63. The molecule has 0 spiro atoms. The zero-order valence-corrected chi connectivity index (χ0v) is 20.6. The fraction of sp³-hybridized carbons (Fsp3) is 0.480. The van der Waals surface area contributed by atoms with E-state index in [2.05, 4.69) is 4.98 Å². The minimum Gasteiger partial charge on any atom is -0.444 e. The van der Waals surface area contributed by atoms with Crippen LogP contribution in [0.2, 0.25) is 0 Å². The standard InChI is InChI=1S/C25H30F4N4O3/c1-5-12-33(13-6-11-30)19-14-20(17-7-9-18(26)10-8-17)32-21(15-19)24(35,25(27,28)29)16-31-22(34)36-23(2,3)4/h7-10,14-15,35H,5-6,12-13,16H2,1-4H3,(H,31,34). The highest BCUT2D eigenvalue weighted by atomic mass is 19.4. The van der Waals surface area contributed by atoms with Gasteiger partial charge in [-0.05, 0) is 63.6 Å². The number of pyridine rings is 1. The summed E-state index contributed by atoms with van der Waals surface area (Å²) < 4.78 is 61.3. The second-order valence-corrected chi connectivity index (χ2v) is 9.21. The van der Waals surface area contributed by atoms with Crippen molar-refractivity contribution in [2.45, 2.75) is 57.9 Å². The molecular formula is C25H30F4N4O3. The van der Waals surface area contributed by atoms with E-state index in [1.165, 1.54) is 18.2 Å².